The van der Waals surface area contributed by atoms with Gasteiger partial charge in [-0.25, -0.2) is 13.6 Å². The molecule has 11 heteroatoms. The van der Waals surface area contributed by atoms with Gasteiger partial charge in [-0.3, -0.25) is 10.2 Å². The van der Waals surface area contributed by atoms with E-state index in [1.54, 1.807) is 17.0 Å². The van der Waals surface area contributed by atoms with E-state index in [1.807, 2.05) is 54.6 Å². The van der Waals surface area contributed by atoms with Crippen molar-refractivity contribution in [3.63, 3.8) is 0 Å². The number of thiocarbonyl (C=S) groups is 1. The minimum absolute atomic E-state index is 0.0107. The van der Waals surface area contributed by atoms with Crippen LogP contribution in [-0.2, 0) is 21.4 Å². The van der Waals surface area contributed by atoms with Gasteiger partial charge in [-0.15, -0.1) is 0 Å². The molecule has 0 saturated carbocycles. The van der Waals surface area contributed by atoms with Gasteiger partial charge in [0, 0.05) is 9.13 Å². The number of nitrogens with one attached hydrogen (secondary N) is 2. The van der Waals surface area contributed by atoms with Crippen LogP contribution in [0, 0.1) is 3.57 Å². The maximum absolute atomic E-state index is 13.5. The van der Waals surface area contributed by atoms with Crippen molar-refractivity contribution in [3.8, 4) is 0 Å². The van der Waals surface area contributed by atoms with E-state index in [-0.39, 0.29) is 27.3 Å². The summed E-state index contributed by atoms with van der Waals surface area (Å²) in [6.07, 6.45) is 0. The van der Waals surface area contributed by atoms with Gasteiger partial charge in [-0.1, -0.05) is 48.5 Å². The van der Waals surface area contributed by atoms with Crippen LogP contribution in [0.5, 0.6) is 0 Å². The van der Waals surface area contributed by atoms with Crippen molar-refractivity contribution in [3.05, 3.63) is 99.6 Å². The molecule has 8 nitrogen and oxygen atoms in total. The molecule has 0 aliphatic carbocycles. The predicted molar refractivity (Wildman–Crippen MR) is 158 cm³/mol. The molecule has 186 valence electrons. The summed E-state index contributed by atoms with van der Waals surface area (Å²) in [5.41, 5.74) is 5.50. The Kier molecular flexibility index (Phi) is 6.94. The highest BCUT2D eigenvalue weighted by Gasteiger charge is 2.34. The van der Waals surface area contributed by atoms with Crippen LogP contribution >= 0.6 is 34.8 Å². The van der Waals surface area contributed by atoms with Gasteiger partial charge >= 0.3 is 0 Å². The molecule has 0 fully saturated rings. The molecule has 4 N–H and O–H groups in total. The second kappa shape index (κ2) is 10.2. The standard InChI is InChI=1S/C26H20IN5O3S2/c27-19-11-12-22-20(14-19)24(30-31-26(36)29-21-7-3-4-8-23(21)37(28,34)35)25(33)32(22)15-16-9-10-17-5-1-2-6-18(17)13-16/h1-14H,15H2,(H2,28,34,35)(H2,29,31,36). The number of hydrogen-bond acceptors (Lipinski definition) is 5. The first-order valence-electron chi connectivity index (χ1n) is 11.1. The summed E-state index contributed by atoms with van der Waals surface area (Å²) >= 11 is 7.49. The van der Waals surface area contributed by atoms with Crippen molar-refractivity contribution in [1.82, 2.24) is 5.43 Å². The molecule has 0 bridgehead atoms. The van der Waals surface area contributed by atoms with Crippen LogP contribution in [0.3, 0.4) is 0 Å². The Bertz CT molecular complexity index is 1710. The zero-order chi connectivity index (χ0) is 26.2. The first-order chi connectivity index (χ1) is 17.7. The number of hydrogen-bond donors (Lipinski definition) is 3. The first kappa shape index (κ1) is 25.3. The SMILES string of the molecule is NS(=O)(=O)c1ccccc1NC(=S)NN=C1C(=O)N(Cc2ccc3ccccc3c2)c2ccc(I)cc21. The molecule has 0 unspecified atom stereocenters. The number of benzene rings is 4. The number of carbonyl (C=O) groups excluding carboxylic acids is 1. The van der Waals surface area contributed by atoms with Gasteiger partial charge in [0.2, 0.25) is 10.0 Å². The van der Waals surface area contributed by atoms with Gasteiger partial charge in [-0.2, -0.15) is 5.10 Å². The van der Waals surface area contributed by atoms with Gasteiger partial charge in [0.25, 0.3) is 5.91 Å². The second-order valence-electron chi connectivity index (χ2n) is 8.30. The molecule has 1 heterocycles. The van der Waals surface area contributed by atoms with Gasteiger partial charge in [-0.05, 0) is 87.5 Å². The fourth-order valence-electron chi connectivity index (χ4n) is 4.15. The smallest absolute Gasteiger partial charge is 0.279 e. The molecule has 1 amide bonds. The highest BCUT2D eigenvalue weighted by atomic mass is 127. The first-order valence-corrected chi connectivity index (χ1v) is 14.1. The summed E-state index contributed by atoms with van der Waals surface area (Å²) in [5.74, 6) is -0.273. The molecule has 0 radical (unpaired) electrons. The number of nitrogens with zero attached hydrogens (tertiary/aromatic N) is 2. The van der Waals surface area contributed by atoms with Crippen molar-refractivity contribution in [1.29, 1.82) is 0 Å². The third kappa shape index (κ3) is 5.34. The number of carbonyl (C=O) groups is 1. The van der Waals surface area contributed by atoms with E-state index in [1.165, 1.54) is 12.1 Å². The summed E-state index contributed by atoms with van der Waals surface area (Å²) in [5, 5.41) is 14.6. The van der Waals surface area contributed by atoms with Crippen molar-refractivity contribution in [2.75, 3.05) is 10.2 Å². The van der Waals surface area contributed by atoms with Crippen LogP contribution in [0.25, 0.3) is 10.8 Å². The summed E-state index contributed by atoms with van der Waals surface area (Å²) in [6.45, 7) is 0.376. The molecule has 0 spiro atoms. The minimum Gasteiger partial charge on any atom is -0.330 e. The van der Waals surface area contributed by atoms with Gasteiger partial charge in [0.15, 0.2) is 10.8 Å². The fraction of sp³-hybridized carbons (Fsp3) is 0.0385. The molecular weight excluding hydrogens is 621 g/mol. The van der Waals surface area contributed by atoms with Crippen molar-refractivity contribution in [2.45, 2.75) is 11.4 Å². The van der Waals surface area contributed by atoms with Crippen LogP contribution in [0.15, 0.2) is 94.9 Å². The molecule has 0 aromatic heterocycles. The minimum atomic E-state index is -3.96. The Labute approximate surface area is 232 Å². The second-order valence-corrected chi connectivity index (χ2v) is 11.5. The van der Waals surface area contributed by atoms with Crippen LogP contribution in [0.1, 0.15) is 11.1 Å². The number of fused-ring (bicyclic) bond motifs is 2. The maximum Gasteiger partial charge on any atom is 0.279 e. The van der Waals surface area contributed by atoms with Gasteiger partial charge in [0.05, 0.1) is 17.9 Å². The third-order valence-corrected chi connectivity index (χ3v) is 7.65. The molecule has 0 atom stereocenters. The van der Waals surface area contributed by atoms with Gasteiger partial charge in [0.1, 0.15) is 4.90 Å². The predicted octanol–water partition coefficient (Wildman–Crippen LogP) is 4.33. The van der Waals surface area contributed by atoms with E-state index in [4.69, 9.17) is 17.4 Å². The number of sulfonamides is 1. The number of para-hydroxylation sites is 1. The number of nitrogens with two attached hydrogens (primary N) is 1. The van der Waals surface area contributed by atoms with Crippen LogP contribution in [0.4, 0.5) is 11.4 Å². The van der Waals surface area contributed by atoms with Crippen LogP contribution < -0.4 is 20.8 Å². The summed E-state index contributed by atoms with van der Waals surface area (Å²) in [4.78, 5) is 15.1. The normalized spacial score (nSPS) is 14.2. The highest BCUT2D eigenvalue weighted by Crippen LogP contribution is 2.32. The molecule has 5 rings (SSSR count). The number of primary sulfonamides is 1. The van der Waals surface area contributed by atoms with Gasteiger partial charge < -0.3 is 10.2 Å². The lowest BCUT2D eigenvalue weighted by Gasteiger charge is -2.17. The summed E-state index contributed by atoms with van der Waals surface area (Å²) in [7, 11) is -3.96. The van der Waals surface area contributed by atoms with E-state index < -0.39 is 10.0 Å². The lowest BCUT2D eigenvalue weighted by molar-refractivity contribution is -0.112. The van der Waals surface area contributed by atoms with E-state index >= 15 is 0 Å². The van der Waals surface area contributed by atoms with E-state index in [2.05, 4.69) is 44.5 Å². The van der Waals surface area contributed by atoms with Crippen LogP contribution in [-0.4, -0.2) is 25.1 Å². The molecule has 0 saturated heterocycles. The quantitative estimate of drug-likeness (QED) is 0.170. The fourth-order valence-corrected chi connectivity index (χ4v) is 5.49. The monoisotopic (exact) mass is 641 g/mol. The zero-order valence-electron chi connectivity index (χ0n) is 19.2. The largest absolute Gasteiger partial charge is 0.330 e. The number of amides is 1. The maximum atomic E-state index is 13.5. The average molecular weight is 642 g/mol. The Balaban J connectivity index is 1.41. The molecule has 4 aromatic carbocycles. The Morgan fingerprint density at radius 2 is 1.70 bits per heavy atom. The molecular formula is C26H20IN5O3S2. The average Bonchev–Trinajstić information content (AvgIpc) is 3.12. The molecule has 1 aliphatic rings. The lowest BCUT2D eigenvalue weighted by atomic mass is 10.1. The highest BCUT2D eigenvalue weighted by molar-refractivity contribution is 14.1. The lowest BCUT2D eigenvalue weighted by Crippen LogP contribution is -2.32. The van der Waals surface area contributed by atoms with Crippen LogP contribution in [0.2, 0.25) is 0 Å². The Morgan fingerprint density at radius 1 is 0.973 bits per heavy atom. The number of rotatable bonds is 5. The molecule has 1 aliphatic heterocycles. The third-order valence-electron chi connectivity index (χ3n) is 5.82. The Morgan fingerprint density at radius 3 is 2.49 bits per heavy atom. The van der Waals surface area contributed by atoms with E-state index in [0.29, 0.717) is 12.1 Å². The molecule has 4 aromatic rings. The van der Waals surface area contributed by atoms with E-state index in [9.17, 15) is 13.2 Å². The number of halogens is 1. The number of hydrazone groups is 1. The number of anilines is 2. The van der Waals surface area contributed by atoms with Crippen molar-refractivity contribution in [2.24, 2.45) is 10.2 Å². The summed E-state index contributed by atoms with van der Waals surface area (Å²) < 4.78 is 24.7. The molecule has 37 heavy (non-hydrogen) atoms. The summed E-state index contributed by atoms with van der Waals surface area (Å²) in [6, 6.07) is 26.0. The van der Waals surface area contributed by atoms with Crippen molar-refractivity contribution >= 4 is 83.7 Å². The Hall–Kier alpha value is -3.39. The topological polar surface area (TPSA) is 117 Å². The van der Waals surface area contributed by atoms with Crippen molar-refractivity contribution < 1.29 is 13.2 Å². The zero-order valence-corrected chi connectivity index (χ0v) is 23.0. The van der Waals surface area contributed by atoms with E-state index in [0.717, 1.165) is 25.6 Å².